The molecule has 2 N–H and O–H groups in total. The summed E-state index contributed by atoms with van der Waals surface area (Å²) in [5, 5.41) is 6.45. The second-order valence-electron chi connectivity index (χ2n) is 6.20. The van der Waals surface area contributed by atoms with Crippen molar-refractivity contribution in [3.8, 4) is 5.75 Å². The lowest BCUT2D eigenvalue weighted by molar-refractivity contribution is -0.118. The molecule has 0 unspecified atom stereocenters. The SMILES string of the molecule is COc1c(Br)cc(Cl)cc1NCC(=O)N1c2ccccc2NC(=O)C[C@@H]1C. The molecule has 1 aliphatic heterocycles. The van der Waals surface area contributed by atoms with E-state index in [-0.39, 0.29) is 30.8 Å². The monoisotopic (exact) mass is 451 g/mol. The Balaban J connectivity index is 1.85. The van der Waals surface area contributed by atoms with Gasteiger partial charge < -0.3 is 20.3 Å². The molecule has 0 bridgehead atoms. The van der Waals surface area contributed by atoms with E-state index in [0.717, 1.165) is 0 Å². The molecule has 0 aromatic heterocycles. The second kappa shape index (κ2) is 8.19. The van der Waals surface area contributed by atoms with Gasteiger partial charge in [0.15, 0.2) is 5.75 Å². The van der Waals surface area contributed by atoms with Crippen molar-refractivity contribution in [1.29, 1.82) is 0 Å². The topological polar surface area (TPSA) is 70.7 Å². The maximum Gasteiger partial charge on any atom is 0.246 e. The van der Waals surface area contributed by atoms with E-state index in [0.29, 0.717) is 32.3 Å². The molecular weight excluding hydrogens is 434 g/mol. The van der Waals surface area contributed by atoms with E-state index in [1.165, 1.54) is 0 Å². The van der Waals surface area contributed by atoms with Gasteiger partial charge in [0.1, 0.15) is 0 Å². The van der Waals surface area contributed by atoms with Crippen LogP contribution in [0, 0.1) is 0 Å². The van der Waals surface area contributed by atoms with Gasteiger partial charge in [-0.2, -0.15) is 0 Å². The average molecular weight is 453 g/mol. The third-order valence-electron chi connectivity index (χ3n) is 4.27. The highest BCUT2D eigenvalue weighted by Gasteiger charge is 2.29. The number of benzene rings is 2. The molecule has 0 spiro atoms. The van der Waals surface area contributed by atoms with Gasteiger partial charge in [0.05, 0.1) is 35.2 Å². The number of nitrogens with one attached hydrogen (secondary N) is 2. The van der Waals surface area contributed by atoms with Gasteiger partial charge >= 0.3 is 0 Å². The van der Waals surface area contributed by atoms with Crippen molar-refractivity contribution in [3.63, 3.8) is 0 Å². The van der Waals surface area contributed by atoms with Gasteiger partial charge in [-0.15, -0.1) is 0 Å². The van der Waals surface area contributed by atoms with Gasteiger partial charge in [-0.3, -0.25) is 9.59 Å². The third-order valence-corrected chi connectivity index (χ3v) is 5.08. The lowest BCUT2D eigenvalue weighted by atomic mass is 10.1. The van der Waals surface area contributed by atoms with Crippen LogP contribution in [0.5, 0.6) is 5.75 Å². The molecule has 3 rings (SSSR count). The third kappa shape index (κ3) is 4.20. The van der Waals surface area contributed by atoms with Crippen molar-refractivity contribution < 1.29 is 14.3 Å². The maximum atomic E-state index is 13.0. The Labute approximate surface area is 171 Å². The molecule has 6 nitrogen and oxygen atoms in total. The molecule has 27 heavy (non-hydrogen) atoms. The molecular formula is C19H19BrClN3O3. The first-order chi connectivity index (χ1) is 12.9. The van der Waals surface area contributed by atoms with Crippen LogP contribution in [0.2, 0.25) is 5.02 Å². The molecule has 0 aliphatic carbocycles. The number of halogens is 2. The molecule has 0 radical (unpaired) electrons. The fraction of sp³-hybridized carbons (Fsp3) is 0.263. The van der Waals surface area contributed by atoms with Crippen molar-refractivity contribution >= 4 is 56.4 Å². The van der Waals surface area contributed by atoms with Crippen LogP contribution >= 0.6 is 27.5 Å². The number of para-hydroxylation sites is 2. The average Bonchev–Trinajstić information content (AvgIpc) is 2.73. The van der Waals surface area contributed by atoms with Crippen LogP contribution in [-0.4, -0.2) is 31.5 Å². The summed E-state index contributed by atoms with van der Waals surface area (Å²) in [5.74, 6) is 0.289. The largest absolute Gasteiger partial charge is 0.493 e. The van der Waals surface area contributed by atoms with Crippen molar-refractivity contribution in [2.45, 2.75) is 19.4 Å². The normalized spacial score (nSPS) is 16.2. The first-order valence-electron chi connectivity index (χ1n) is 8.38. The number of hydrogen-bond acceptors (Lipinski definition) is 4. The standard InChI is InChI=1S/C19H19BrClN3O3/c1-11-7-17(25)23-14-5-3-4-6-16(14)24(11)18(26)10-22-15-9-12(21)8-13(20)19(15)27-2/h3-6,8-9,11,22H,7,10H2,1-2H3,(H,23,25)/t11-/m0/s1. The van der Waals surface area contributed by atoms with Gasteiger partial charge in [-0.05, 0) is 47.1 Å². The number of methoxy groups -OCH3 is 1. The summed E-state index contributed by atoms with van der Waals surface area (Å²) in [7, 11) is 1.55. The number of nitrogens with zero attached hydrogens (tertiary/aromatic N) is 1. The van der Waals surface area contributed by atoms with Crippen LogP contribution in [0.4, 0.5) is 17.1 Å². The lowest BCUT2D eigenvalue weighted by Crippen LogP contribution is -2.42. The zero-order valence-electron chi connectivity index (χ0n) is 14.9. The number of carbonyl (C=O) groups excluding carboxylic acids is 2. The minimum Gasteiger partial charge on any atom is -0.493 e. The van der Waals surface area contributed by atoms with Gasteiger partial charge in [-0.1, -0.05) is 23.7 Å². The summed E-state index contributed by atoms with van der Waals surface area (Å²) >= 11 is 9.50. The summed E-state index contributed by atoms with van der Waals surface area (Å²) in [6.45, 7) is 1.88. The number of anilines is 3. The van der Waals surface area contributed by atoms with E-state index in [1.807, 2.05) is 25.1 Å². The predicted molar refractivity (Wildman–Crippen MR) is 111 cm³/mol. The summed E-state index contributed by atoms with van der Waals surface area (Å²) in [6, 6.07) is 10.4. The zero-order chi connectivity index (χ0) is 19.6. The van der Waals surface area contributed by atoms with Crippen molar-refractivity contribution in [2.24, 2.45) is 0 Å². The van der Waals surface area contributed by atoms with Crippen LogP contribution < -0.4 is 20.3 Å². The number of amides is 2. The lowest BCUT2D eigenvalue weighted by Gasteiger charge is -2.28. The van der Waals surface area contributed by atoms with E-state index in [1.54, 1.807) is 30.2 Å². The Kier molecular flexibility index (Phi) is 5.92. The molecule has 142 valence electrons. The molecule has 2 aromatic rings. The number of hydrogen-bond donors (Lipinski definition) is 2. The van der Waals surface area contributed by atoms with Crippen LogP contribution in [0.25, 0.3) is 0 Å². The number of carbonyl (C=O) groups is 2. The first-order valence-corrected chi connectivity index (χ1v) is 9.55. The quantitative estimate of drug-likeness (QED) is 0.726. The fourth-order valence-electron chi connectivity index (χ4n) is 3.12. The highest BCUT2D eigenvalue weighted by Crippen LogP contribution is 2.36. The van der Waals surface area contributed by atoms with E-state index in [9.17, 15) is 9.59 Å². The highest BCUT2D eigenvalue weighted by atomic mass is 79.9. The number of fused-ring (bicyclic) bond motifs is 1. The van der Waals surface area contributed by atoms with E-state index < -0.39 is 0 Å². The Hall–Kier alpha value is -2.25. The van der Waals surface area contributed by atoms with Crippen molar-refractivity contribution in [2.75, 3.05) is 29.2 Å². The molecule has 1 aliphatic rings. The molecule has 1 heterocycles. The van der Waals surface area contributed by atoms with Gasteiger partial charge in [-0.25, -0.2) is 0 Å². The van der Waals surface area contributed by atoms with E-state index in [2.05, 4.69) is 26.6 Å². The summed E-state index contributed by atoms with van der Waals surface area (Å²) in [4.78, 5) is 26.7. The smallest absolute Gasteiger partial charge is 0.246 e. The zero-order valence-corrected chi connectivity index (χ0v) is 17.2. The van der Waals surface area contributed by atoms with E-state index in [4.69, 9.17) is 16.3 Å². The highest BCUT2D eigenvalue weighted by molar-refractivity contribution is 9.10. The maximum absolute atomic E-state index is 13.0. The Morgan fingerprint density at radius 2 is 2.15 bits per heavy atom. The molecule has 0 saturated carbocycles. The van der Waals surface area contributed by atoms with Crippen LogP contribution in [-0.2, 0) is 9.59 Å². The van der Waals surface area contributed by atoms with Gasteiger partial charge in [0.2, 0.25) is 11.8 Å². The van der Waals surface area contributed by atoms with Crippen molar-refractivity contribution in [1.82, 2.24) is 0 Å². The Bertz CT molecular complexity index is 890. The minimum atomic E-state index is -0.268. The van der Waals surface area contributed by atoms with Crippen LogP contribution in [0.15, 0.2) is 40.9 Å². The van der Waals surface area contributed by atoms with Gasteiger partial charge in [0, 0.05) is 17.5 Å². The predicted octanol–water partition coefficient (Wildman–Crippen LogP) is 4.29. The molecule has 1 atom stereocenters. The Morgan fingerprint density at radius 3 is 2.89 bits per heavy atom. The molecule has 2 amide bonds. The second-order valence-corrected chi connectivity index (χ2v) is 7.49. The molecule has 8 heteroatoms. The fourth-order valence-corrected chi connectivity index (χ4v) is 4.10. The van der Waals surface area contributed by atoms with Crippen LogP contribution in [0.3, 0.4) is 0 Å². The van der Waals surface area contributed by atoms with E-state index >= 15 is 0 Å². The summed E-state index contributed by atoms with van der Waals surface area (Å²) in [5.41, 5.74) is 1.92. The Morgan fingerprint density at radius 1 is 1.41 bits per heavy atom. The molecule has 2 aromatic carbocycles. The van der Waals surface area contributed by atoms with Crippen LogP contribution in [0.1, 0.15) is 13.3 Å². The minimum absolute atomic E-state index is 0.0238. The summed E-state index contributed by atoms with van der Waals surface area (Å²) in [6.07, 6.45) is 0.229. The first kappa shape index (κ1) is 19.5. The molecule has 0 saturated heterocycles. The number of ether oxygens (including phenoxy) is 1. The van der Waals surface area contributed by atoms with Crippen molar-refractivity contribution in [3.05, 3.63) is 45.9 Å². The summed E-state index contributed by atoms with van der Waals surface area (Å²) < 4.78 is 6.06. The number of rotatable bonds is 4. The molecule has 0 fully saturated rings. The van der Waals surface area contributed by atoms with Gasteiger partial charge in [0.25, 0.3) is 0 Å².